The van der Waals surface area contributed by atoms with E-state index in [1.165, 1.54) is 31.7 Å². The monoisotopic (exact) mass is 311 g/mol. The Labute approximate surface area is 114 Å². The van der Waals surface area contributed by atoms with Crippen molar-refractivity contribution in [2.75, 3.05) is 5.32 Å². The van der Waals surface area contributed by atoms with Gasteiger partial charge in [0.2, 0.25) is 5.91 Å². The topological polar surface area (TPSA) is 29.1 Å². The van der Waals surface area contributed by atoms with Crippen molar-refractivity contribution in [1.29, 1.82) is 0 Å². The van der Waals surface area contributed by atoms with E-state index < -0.39 is 0 Å². The molecule has 0 spiro atoms. The van der Waals surface area contributed by atoms with Crippen LogP contribution in [0, 0.1) is 23.6 Å². The first-order valence-corrected chi connectivity index (χ1v) is 7.22. The van der Waals surface area contributed by atoms with E-state index in [9.17, 15) is 9.18 Å². The molecule has 2 aliphatic rings. The molecule has 2 fully saturated rings. The molecule has 4 heteroatoms. The molecule has 0 aliphatic heterocycles. The molecular weight excluding hydrogens is 297 g/mol. The summed E-state index contributed by atoms with van der Waals surface area (Å²) < 4.78 is 13.5. The van der Waals surface area contributed by atoms with E-state index in [4.69, 9.17) is 0 Å². The first kappa shape index (κ1) is 12.2. The highest BCUT2D eigenvalue weighted by molar-refractivity contribution is 9.10. The average molecular weight is 312 g/mol. The van der Waals surface area contributed by atoms with E-state index in [0.717, 1.165) is 0 Å². The zero-order chi connectivity index (χ0) is 12.7. The predicted molar refractivity (Wildman–Crippen MR) is 71.7 cm³/mol. The SMILES string of the molecule is O=C(Nc1ccc(F)c(Br)c1)C1C2CCCCC21. The summed E-state index contributed by atoms with van der Waals surface area (Å²) in [5.41, 5.74) is 0.664. The molecule has 2 unspecified atom stereocenters. The van der Waals surface area contributed by atoms with Crippen molar-refractivity contribution < 1.29 is 9.18 Å². The Hall–Kier alpha value is -0.900. The van der Waals surface area contributed by atoms with Crippen molar-refractivity contribution in [3.8, 4) is 0 Å². The van der Waals surface area contributed by atoms with Crippen molar-refractivity contribution in [3.63, 3.8) is 0 Å². The largest absolute Gasteiger partial charge is 0.326 e. The lowest BCUT2D eigenvalue weighted by atomic mass is 10.0. The van der Waals surface area contributed by atoms with Gasteiger partial charge in [-0.25, -0.2) is 4.39 Å². The second-order valence-corrected chi connectivity index (χ2v) is 6.11. The molecule has 0 aromatic heterocycles. The predicted octanol–water partition coefficient (Wildman–Crippen LogP) is 3.96. The summed E-state index contributed by atoms with van der Waals surface area (Å²) in [6, 6.07) is 4.57. The van der Waals surface area contributed by atoms with Gasteiger partial charge in [0, 0.05) is 11.6 Å². The molecule has 1 amide bonds. The van der Waals surface area contributed by atoms with Crippen LogP contribution in [0.3, 0.4) is 0 Å². The molecule has 1 aromatic carbocycles. The first-order valence-electron chi connectivity index (χ1n) is 6.43. The molecular formula is C14H15BrFNO. The molecule has 0 bridgehead atoms. The van der Waals surface area contributed by atoms with Crippen molar-refractivity contribution in [2.24, 2.45) is 17.8 Å². The summed E-state index contributed by atoms with van der Waals surface area (Å²) in [6.45, 7) is 0. The Morgan fingerprint density at radius 1 is 1.28 bits per heavy atom. The van der Waals surface area contributed by atoms with Gasteiger partial charge in [0.25, 0.3) is 0 Å². The summed E-state index contributed by atoms with van der Waals surface area (Å²) >= 11 is 3.12. The zero-order valence-electron chi connectivity index (χ0n) is 9.96. The van der Waals surface area contributed by atoms with Crippen LogP contribution in [0.5, 0.6) is 0 Å². The highest BCUT2D eigenvalue weighted by Crippen LogP contribution is 2.55. The van der Waals surface area contributed by atoms with Crippen LogP contribution >= 0.6 is 15.9 Å². The van der Waals surface area contributed by atoms with Crippen LogP contribution < -0.4 is 5.32 Å². The lowest BCUT2D eigenvalue weighted by Crippen LogP contribution is -2.15. The number of carbonyl (C=O) groups is 1. The molecule has 0 radical (unpaired) electrons. The number of nitrogens with one attached hydrogen (secondary N) is 1. The minimum Gasteiger partial charge on any atom is -0.326 e. The third kappa shape index (κ3) is 2.18. The molecule has 3 rings (SSSR count). The Kier molecular flexibility index (Phi) is 3.14. The number of fused-ring (bicyclic) bond motifs is 1. The molecule has 1 aromatic rings. The van der Waals surface area contributed by atoms with Gasteiger partial charge in [-0.05, 0) is 58.8 Å². The fourth-order valence-electron chi connectivity index (χ4n) is 3.18. The van der Waals surface area contributed by atoms with Crippen LogP contribution in [0.4, 0.5) is 10.1 Å². The number of amides is 1. The van der Waals surface area contributed by atoms with E-state index in [2.05, 4.69) is 21.2 Å². The van der Waals surface area contributed by atoms with E-state index in [-0.39, 0.29) is 17.6 Å². The molecule has 2 saturated carbocycles. The van der Waals surface area contributed by atoms with Crippen LogP contribution in [-0.4, -0.2) is 5.91 Å². The molecule has 2 nitrogen and oxygen atoms in total. The van der Waals surface area contributed by atoms with E-state index in [1.807, 2.05) is 0 Å². The summed E-state index contributed by atoms with van der Waals surface area (Å²) in [4.78, 5) is 12.1. The fourth-order valence-corrected chi connectivity index (χ4v) is 3.56. The molecule has 2 aliphatic carbocycles. The number of halogens is 2. The third-order valence-electron chi connectivity index (χ3n) is 4.15. The second-order valence-electron chi connectivity index (χ2n) is 5.26. The Balaban J connectivity index is 1.66. The van der Waals surface area contributed by atoms with E-state index in [1.54, 1.807) is 12.1 Å². The quantitative estimate of drug-likeness (QED) is 0.880. The molecule has 96 valence electrons. The molecule has 0 saturated heterocycles. The normalized spacial score (nSPS) is 29.6. The summed E-state index contributed by atoms with van der Waals surface area (Å²) in [6.07, 6.45) is 4.89. The van der Waals surface area contributed by atoms with Crippen LogP contribution in [-0.2, 0) is 4.79 Å². The fraction of sp³-hybridized carbons (Fsp3) is 0.500. The highest BCUT2D eigenvalue weighted by Gasteiger charge is 2.54. The van der Waals surface area contributed by atoms with Gasteiger partial charge >= 0.3 is 0 Å². The van der Waals surface area contributed by atoms with Gasteiger partial charge in [-0.3, -0.25) is 4.79 Å². The molecule has 18 heavy (non-hydrogen) atoms. The van der Waals surface area contributed by atoms with Crippen molar-refractivity contribution in [2.45, 2.75) is 25.7 Å². The van der Waals surface area contributed by atoms with Crippen LogP contribution in [0.1, 0.15) is 25.7 Å². The number of rotatable bonds is 2. The third-order valence-corrected chi connectivity index (χ3v) is 4.75. The van der Waals surface area contributed by atoms with Gasteiger partial charge in [0.15, 0.2) is 0 Å². The number of benzene rings is 1. The van der Waals surface area contributed by atoms with E-state index in [0.29, 0.717) is 22.0 Å². The van der Waals surface area contributed by atoms with Gasteiger partial charge in [-0.1, -0.05) is 12.8 Å². The number of hydrogen-bond acceptors (Lipinski definition) is 1. The lowest BCUT2D eigenvalue weighted by Gasteiger charge is -2.05. The molecule has 0 heterocycles. The molecule has 2 atom stereocenters. The number of hydrogen-bond donors (Lipinski definition) is 1. The molecule has 1 N–H and O–H groups in total. The Bertz CT molecular complexity index is 479. The second kappa shape index (κ2) is 4.65. The minimum atomic E-state index is -0.312. The maximum Gasteiger partial charge on any atom is 0.228 e. The van der Waals surface area contributed by atoms with Gasteiger partial charge in [-0.2, -0.15) is 0 Å². The summed E-state index contributed by atoms with van der Waals surface area (Å²) in [7, 11) is 0. The van der Waals surface area contributed by atoms with Crippen molar-refractivity contribution in [1.82, 2.24) is 0 Å². The first-order chi connectivity index (χ1) is 8.66. The minimum absolute atomic E-state index is 0.102. The van der Waals surface area contributed by atoms with Crippen LogP contribution in [0.25, 0.3) is 0 Å². The van der Waals surface area contributed by atoms with Crippen LogP contribution in [0.2, 0.25) is 0 Å². The maximum absolute atomic E-state index is 13.1. The van der Waals surface area contributed by atoms with Crippen molar-refractivity contribution >= 4 is 27.5 Å². The maximum atomic E-state index is 13.1. The smallest absolute Gasteiger partial charge is 0.228 e. The van der Waals surface area contributed by atoms with Gasteiger partial charge in [-0.15, -0.1) is 0 Å². The lowest BCUT2D eigenvalue weighted by molar-refractivity contribution is -0.117. The Morgan fingerprint density at radius 2 is 1.94 bits per heavy atom. The van der Waals surface area contributed by atoms with Gasteiger partial charge in [0.05, 0.1) is 4.47 Å². The number of carbonyl (C=O) groups excluding carboxylic acids is 1. The van der Waals surface area contributed by atoms with E-state index >= 15 is 0 Å². The Morgan fingerprint density at radius 3 is 2.56 bits per heavy atom. The zero-order valence-corrected chi connectivity index (χ0v) is 11.5. The van der Waals surface area contributed by atoms with Gasteiger partial charge in [0.1, 0.15) is 5.82 Å². The van der Waals surface area contributed by atoms with Gasteiger partial charge < -0.3 is 5.32 Å². The average Bonchev–Trinajstić information content (AvgIpc) is 3.08. The van der Waals surface area contributed by atoms with Crippen LogP contribution in [0.15, 0.2) is 22.7 Å². The summed E-state index contributed by atoms with van der Waals surface area (Å²) in [5, 5.41) is 2.89. The highest BCUT2D eigenvalue weighted by atomic mass is 79.9. The number of anilines is 1. The standard InChI is InChI=1S/C14H15BrFNO/c15-11-7-8(5-6-12(11)16)17-14(18)13-9-3-1-2-4-10(9)13/h5-7,9-10,13H,1-4H2,(H,17,18). The summed E-state index contributed by atoms with van der Waals surface area (Å²) in [5.74, 6) is 1.18. The van der Waals surface area contributed by atoms with Crippen molar-refractivity contribution in [3.05, 3.63) is 28.5 Å².